The molecule has 0 aliphatic heterocycles. The molecular weight excluding hydrogens is 300 g/mol. The van der Waals surface area contributed by atoms with Crippen molar-refractivity contribution in [3.8, 4) is 0 Å². The Morgan fingerprint density at radius 3 is 2.94 bits per heavy atom. The van der Waals surface area contributed by atoms with E-state index in [4.69, 9.17) is 11.6 Å². The van der Waals surface area contributed by atoms with Crippen LogP contribution in [0, 0.1) is 5.92 Å². The molecule has 1 saturated carbocycles. The summed E-state index contributed by atoms with van der Waals surface area (Å²) < 4.78 is 1.00. The lowest BCUT2D eigenvalue weighted by Crippen LogP contribution is -2.08. The van der Waals surface area contributed by atoms with E-state index in [9.17, 15) is 4.79 Å². The highest BCUT2D eigenvalue weighted by Gasteiger charge is 2.18. The Balaban J connectivity index is 2.06. The summed E-state index contributed by atoms with van der Waals surface area (Å²) in [6.07, 6.45) is 5.81. The fraction of sp³-hybridized carbons (Fsp3) is 0.500. The van der Waals surface area contributed by atoms with Gasteiger partial charge in [-0.2, -0.15) is 0 Å². The number of rotatable bonds is 2. The van der Waals surface area contributed by atoms with Crippen molar-refractivity contribution < 1.29 is 4.79 Å². The van der Waals surface area contributed by atoms with Crippen LogP contribution < -0.4 is 0 Å². The van der Waals surface area contributed by atoms with Crippen molar-refractivity contribution in [2.24, 2.45) is 5.92 Å². The van der Waals surface area contributed by atoms with Gasteiger partial charge in [0.1, 0.15) is 5.78 Å². The lowest BCUT2D eigenvalue weighted by molar-refractivity contribution is -0.119. The average Bonchev–Trinajstić information content (AvgIpc) is 2.47. The first-order valence-corrected chi connectivity index (χ1v) is 7.28. The Morgan fingerprint density at radius 2 is 2.18 bits per heavy atom. The van der Waals surface area contributed by atoms with Gasteiger partial charge in [-0.3, -0.25) is 4.79 Å². The summed E-state index contributed by atoms with van der Waals surface area (Å²) in [4.78, 5) is 11.6. The highest BCUT2D eigenvalue weighted by atomic mass is 79.9. The van der Waals surface area contributed by atoms with Crippen LogP contribution in [0.2, 0.25) is 5.02 Å². The van der Waals surface area contributed by atoms with Gasteiger partial charge in [0.15, 0.2) is 0 Å². The Labute approximate surface area is 116 Å². The Hall–Kier alpha value is -0.340. The molecule has 1 nitrogen and oxygen atoms in total. The minimum absolute atomic E-state index is 0.417. The quantitative estimate of drug-likeness (QED) is 0.717. The van der Waals surface area contributed by atoms with Gasteiger partial charge in [-0.25, -0.2) is 0 Å². The number of Topliss-reactive ketones (excluding diaryl/α,β-unsaturated/α-hetero) is 1. The fourth-order valence-electron chi connectivity index (χ4n) is 2.45. The van der Waals surface area contributed by atoms with E-state index in [0.29, 0.717) is 11.7 Å². The summed E-state index contributed by atoms with van der Waals surface area (Å²) in [5.74, 6) is 0.893. The summed E-state index contributed by atoms with van der Waals surface area (Å²) in [7, 11) is 0. The molecule has 1 aromatic carbocycles. The van der Waals surface area contributed by atoms with Crippen LogP contribution in [0.25, 0.3) is 0 Å². The Kier molecular flexibility index (Phi) is 4.63. The minimum Gasteiger partial charge on any atom is -0.300 e. The molecule has 1 fully saturated rings. The number of hydrogen-bond acceptors (Lipinski definition) is 1. The van der Waals surface area contributed by atoms with Crippen molar-refractivity contribution in [3.63, 3.8) is 0 Å². The second kappa shape index (κ2) is 6.01. The second-order valence-electron chi connectivity index (χ2n) is 4.79. The van der Waals surface area contributed by atoms with Gasteiger partial charge >= 0.3 is 0 Å². The molecule has 0 heterocycles. The standard InChI is InChI=1S/C14H16BrClO/c15-12-6-5-11(14(16)9-12)7-10-3-1-2-4-13(17)8-10/h5-6,9-10H,1-4,7-8H2. The van der Waals surface area contributed by atoms with Crippen molar-refractivity contribution in [3.05, 3.63) is 33.3 Å². The summed E-state index contributed by atoms with van der Waals surface area (Å²) in [6, 6.07) is 6.00. The van der Waals surface area contributed by atoms with Gasteiger partial charge in [0, 0.05) is 22.3 Å². The Bertz CT molecular complexity index is 417. The first kappa shape index (κ1) is 13.1. The van der Waals surface area contributed by atoms with Gasteiger partial charge < -0.3 is 0 Å². The van der Waals surface area contributed by atoms with Crippen molar-refractivity contribution in [1.82, 2.24) is 0 Å². The minimum atomic E-state index is 0.417. The predicted octanol–water partition coefficient (Wildman–Crippen LogP) is 4.79. The van der Waals surface area contributed by atoms with Crippen LogP contribution in [0.4, 0.5) is 0 Å². The van der Waals surface area contributed by atoms with Gasteiger partial charge in [0.2, 0.25) is 0 Å². The van der Waals surface area contributed by atoms with Gasteiger partial charge in [-0.1, -0.05) is 40.0 Å². The normalized spacial score (nSPS) is 21.3. The molecule has 0 radical (unpaired) electrons. The van der Waals surface area contributed by atoms with Crippen molar-refractivity contribution in [1.29, 1.82) is 0 Å². The van der Waals surface area contributed by atoms with Crippen LogP contribution in [0.5, 0.6) is 0 Å². The van der Waals surface area contributed by atoms with E-state index in [1.54, 1.807) is 0 Å². The van der Waals surface area contributed by atoms with Crippen LogP contribution in [0.1, 0.15) is 37.7 Å². The lowest BCUT2D eigenvalue weighted by atomic mass is 9.92. The fourth-order valence-corrected chi connectivity index (χ4v) is 3.20. The summed E-state index contributed by atoms with van der Waals surface area (Å²) in [5, 5.41) is 0.802. The summed E-state index contributed by atoms with van der Waals surface area (Å²) in [5.41, 5.74) is 1.16. The Morgan fingerprint density at radius 1 is 1.35 bits per heavy atom. The number of ketones is 1. The third-order valence-electron chi connectivity index (χ3n) is 3.36. The number of carbonyl (C=O) groups is 1. The zero-order valence-corrected chi connectivity index (χ0v) is 12.1. The van der Waals surface area contributed by atoms with Crippen molar-refractivity contribution in [2.45, 2.75) is 38.5 Å². The van der Waals surface area contributed by atoms with Crippen molar-refractivity contribution in [2.75, 3.05) is 0 Å². The number of hydrogen-bond donors (Lipinski definition) is 0. The molecule has 1 unspecified atom stereocenters. The van der Waals surface area contributed by atoms with Gasteiger partial charge in [-0.05, 0) is 42.9 Å². The molecule has 0 saturated heterocycles. The van der Waals surface area contributed by atoms with E-state index in [1.807, 2.05) is 12.1 Å². The number of carbonyl (C=O) groups excluding carboxylic acids is 1. The van der Waals surface area contributed by atoms with Crippen molar-refractivity contribution >= 4 is 33.3 Å². The highest BCUT2D eigenvalue weighted by Crippen LogP contribution is 2.28. The van der Waals surface area contributed by atoms with E-state index < -0.39 is 0 Å². The second-order valence-corrected chi connectivity index (χ2v) is 6.12. The molecule has 0 spiro atoms. The van der Waals surface area contributed by atoms with Gasteiger partial charge in [0.05, 0.1) is 0 Å². The first-order valence-electron chi connectivity index (χ1n) is 6.11. The zero-order valence-electron chi connectivity index (χ0n) is 9.72. The third kappa shape index (κ3) is 3.82. The molecule has 0 bridgehead atoms. The van der Waals surface area contributed by atoms with E-state index >= 15 is 0 Å². The molecule has 3 heteroatoms. The van der Waals surface area contributed by atoms with E-state index in [-0.39, 0.29) is 0 Å². The molecule has 92 valence electrons. The first-order chi connectivity index (χ1) is 8.15. The number of benzene rings is 1. The largest absolute Gasteiger partial charge is 0.300 e. The van der Waals surface area contributed by atoms with Crippen LogP contribution in [-0.2, 0) is 11.2 Å². The molecule has 0 amide bonds. The van der Waals surface area contributed by atoms with E-state index in [2.05, 4.69) is 22.0 Å². The molecule has 1 atom stereocenters. The maximum atomic E-state index is 11.6. The topological polar surface area (TPSA) is 17.1 Å². The number of halogens is 2. The smallest absolute Gasteiger partial charge is 0.133 e. The zero-order chi connectivity index (χ0) is 12.3. The van der Waals surface area contributed by atoms with Gasteiger partial charge in [0.25, 0.3) is 0 Å². The van der Waals surface area contributed by atoms with E-state index in [1.165, 1.54) is 6.42 Å². The molecular formula is C14H16BrClO. The monoisotopic (exact) mass is 314 g/mol. The molecule has 2 rings (SSSR count). The molecule has 1 aromatic rings. The maximum absolute atomic E-state index is 11.6. The van der Waals surface area contributed by atoms with Gasteiger partial charge in [-0.15, -0.1) is 0 Å². The summed E-state index contributed by atoms with van der Waals surface area (Å²) >= 11 is 9.62. The predicted molar refractivity (Wildman–Crippen MR) is 74.4 cm³/mol. The summed E-state index contributed by atoms with van der Waals surface area (Å²) in [6.45, 7) is 0. The highest BCUT2D eigenvalue weighted by molar-refractivity contribution is 9.10. The van der Waals surface area contributed by atoms with Crippen LogP contribution in [0.3, 0.4) is 0 Å². The van der Waals surface area contributed by atoms with Crippen LogP contribution >= 0.6 is 27.5 Å². The maximum Gasteiger partial charge on any atom is 0.133 e. The molecule has 1 aliphatic carbocycles. The molecule has 1 aliphatic rings. The molecule has 17 heavy (non-hydrogen) atoms. The SMILES string of the molecule is O=C1CCCCC(Cc2ccc(Br)cc2Cl)C1. The van der Waals surface area contributed by atoms with Crippen LogP contribution in [-0.4, -0.2) is 5.78 Å². The molecule has 0 aromatic heterocycles. The lowest BCUT2D eigenvalue weighted by Gasteiger charge is -2.14. The average molecular weight is 316 g/mol. The third-order valence-corrected chi connectivity index (χ3v) is 4.20. The van der Waals surface area contributed by atoms with Crippen LogP contribution in [0.15, 0.2) is 22.7 Å². The van der Waals surface area contributed by atoms with E-state index in [0.717, 1.165) is 47.2 Å². The molecule has 0 N–H and O–H groups in total.